The van der Waals surface area contributed by atoms with E-state index in [2.05, 4.69) is 0 Å². The van der Waals surface area contributed by atoms with E-state index < -0.39 is 22.8 Å². The van der Waals surface area contributed by atoms with Gasteiger partial charge in [0.2, 0.25) is 0 Å². The lowest BCUT2D eigenvalue weighted by Crippen LogP contribution is -2.44. The average Bonchev–Trinajstić information content (AvgIpc) is 2.93. The van der Waals surface area contributed by atoms with Crippen LogP contribution in [0.3, 0.4) is 0 Å². The maximum atomic E-state index is 13.0. The number of ether oxygens (including phenoxy) is 3. The van der Waals surface area contributed by atoms with Crippen molar-refractivity contribution in [2.75, 3.05) is 6.61 Å². The van der Waals surface area contributed by atoms with Gasteiger partial charge >= 0.3 is 12.2 Å². The van der Waals surface area contributed by atoms with Crippen LogP contribution in [0.1, 0.15) is 53.4 Å². The number of hydrogen-bond acceptors (Lipinski definition) is 7. The van der Waals surface area contributed by atoms with Crippen molar-refractivity contribution in [2.24, 2.45) is 5.92 Å². The van der Waals surface area contributed by atoms with E-state index in [1.807, 2.05) is 39.8 Å². The van der Waals surface area contributed by atoms with Crippen LogP contribution in [0.2, 0.25) is 0 Å². The largest absolute Gasteiger partial charge is 0.513 e. The van der Waals surface area contributed by atoms with Crippen LogP contribution in [0.5, 0.6) is 5.75 Å². The van der Waals surface area contributed by atoms with Gasteiger partial charge in [0.05, 0.1) is 11.0 Å². The van der Waals surface area contributed by atoms with Gasteiger partial charge in [-0.15, -0.1) is 0 Å². The monoisotopic (exact) mass is 458 g/mol. The number of amides is 1. The molecule has 0 aromatic heterocycles. The molecule has 2 unspecified atom stereocenters. The molecule has 2 aliphatic rings. The molecular formula is C24H30N2O7. The zero-order chi connectivity index (χ0) is 24.2. The van der Waals surface area contributed by atoms with E-state index in [0.717, 1.165) is 37.0 Å². The topological polar surface area (TPSA) is 108 Å². The molecule has 2 atom stereocenters. The highest BCUT2D eigenvalue weighted by atomic mass is 16.7. The standard InChI is InChI=1S/C24H30N2O7/c1-16-9-10-17-7-5-6-8-18(21(17)25(16)22(27)33-24(2,3)4)15-31-23(28)32-20-13-11-19(12-14-20)26(29)30/h9-14,16,18H,5-8,15H2,1-4H3. The van der Waals surface area contributed by atoms with Crippen molar-refractivity contribution in [1.29, 1.82) is 0 Å². The smallest absolute Gasteiger partial charge is 0.443 e. The molecule has 0 saturated carbocycles. The second-order valence-corrected chi connectivity index (χ2v) is 9.22. The summed E-state index contributed by atoms with van der Waals surface area (Å²) < 4.78 is 16.2. The number of benzene rings is 1. The number of allylic oxidation sites excluding steroid dienone is 2. The first-order valence-electron chi connectivity index (χ1n) is 11.1. The molecule has 1 aromatic carbocycles. The molecule has 178 valence electrons. The molecule has 1 heterocycles. The summed E-state index contributed by atoms with van der Waals surface area (Å²) in [5, 5.41) is 10.8. The van der Waals surface area contributed by atoms with Crippen molar-refractivity contribution >= 4 is 17.9 Å². The number of nitrogens with zero attached hydrogens (tertiary/aromatic N) is 2. The Morgan fingerprint density at radius 1 is 1.18 bits per heavy atom. The Morgan fingerprint density at radius 2 is 1.88 bits per heavy atom. The number of carbonyl (C=O) groups is 2. The molecule has 0 fully saturated rings. The molecule has 0 bridgehead atoms. The molecule has 1 aliphatic carbocycles. The van der Waals surface area contributed by atoms with Gasteiger partial charge < -0.3 is 14.2 Å². The number of non-ortho nitro benzene ring substituents is 1. The van der Waals surface area contributed by atoms with E-state index in [-0.39, 0.29) is 30.0 Å². The number of nitro benzene ring substituents is 1. The minimum absolute atomic E-state index is 0.0461. The van der Waals surface area contributed by atoms with E-state index >= 15 is 0 Å². The molecule has 33 heavy (non-hydrogen) atoms. The maximum absolute atomic E-state index is 13.0. The summed E-state index contributed by atoms with van der Waals surface area (Å²) in [5.74, 6) is -0.0391. The van der Waals surface area contributed by atoms with Crippen LogP contribution in [0.4, 0.5) is 15.3 Å². The zero-order valence-electron chi connectivity index (χ0n) is 19.4. The molecule has 9 nitrogen and oxygen atoms in total. The van der Waals surface area contributed by atoms with E-state index in [9.17, 15) is 19.7 Å². The van der Waals surface area contributed by atoms with Crippen LogP contribution in [0.15, 0.2) is 47.7 Å². The van der Waals surface area contributed by atoms with Crippen molar-refractivity contribution in [1.82, 2.24) is 4.90 Å². The first-order valence-corrected chi connectivity index (χ1v) is 11.1. The Kier molecular flexibility index (Phi) is 7.40. The summed E-state index contributed by atoms with van der Waals surface area (Å²) in [6.45, 7) is 7.45. The summed E-state index contributed by atoms with van der Waals surface area (Å²) in [4.78, 5) is 37.2. The summed E-state index contributed by atoms with van der Waals surface area (Å²) in [6.07, 6.45) is 6.20. The van der Waals surface area contributed by atoms with Crippen molar-refractivity contribution in [3.05, 3.63) is 57.8 Å². The molecule has 0 spiro atoms. The fraction of sp³-hybridized carbons (Fsp3) is 0.500. The minimum Gasteiger partial charge on any atom is -0.443 e. The third-order valence-electron chi connectivity index (χ3n) is 5.45. The van der Waals surface area contributed by atoms with E-state index in [4.69, 9.17) is 14.2 Å². The third-order valence-corrected chi connectivity index (χ3v) is 5.45. The van der Waals surface area contributed by atoms with Crippen LogP contribution < -0.4 is 4.74 Å². The van der Waals surface area contributed by atoms with Gasteiger partial charge in [-0.05, 0) is 64.7 Å². The molecule has 0 N–H and O–H groups in total. The maximum Gasteiger partial charge on any atom is 0.513 e. The van der Waals surface area contributed by atoms with Gasteiger partial charge in [0.15, 0.2) is 0 Å². The van der Waals surface area contributed by atoms with Crippen LogP contribution in [-0.4, -0.2) is 40.3 Å². The second-order valence-electron chi connectivity index (χ2n) is 9.22. The molecular weight excluding hydrogens is 428 g/mol. The highest BCUT2D eigenvalue weighted by molar-refractivity contribution is 5.72. The Labute approximate surface area is 193 Å². The van der Waals surface area contributed by atoms with Gasteiger partial charge in [0.1, 0.15) is 18.0 Å². The van der Waals surface area contributed by atoms with Gasteiger partial charge in [-0.25, -0.2) is 9.59 Å². The minimum atomic E-state index is -0.904. The molecule has 1 amide bonds. The lowest BCUT2D eigenvalue weighted by Gasteiger charge is -2.38. The van der Waals surface area contributed by atoms with Gasteiger partial charge in [-0.1, -0.05) is 18.6 Å². The summed E-state index contributed by atoms with van der Waals surface area (Å²) >= 11 is 0. The highest BCUT2D eigenvalue weighted by Gasteiger charge is 2.36. The Hall–Kier alpha value is -3.36. The number of hydrogen-bond donors (Lipinski definition) is 0. The predicted molar refractivity (Wildman–Crippen MR) is 121 cm³/mol. The Balaban J connectivity index is 1.72. The van der Waals surface area contributed by atoms with Crippen LogP contribution in [0.25, 0.3) is 0 Å². The fourth-order valence-corrected chi connectivity index (χ4v) is 3.98. The molecule has 9 heteroatoms. The second kappa shape index (κ2) is 10.1. The third kappa shape index (κ3) is 6.34. The predicted octanol–water partition coefficient (Wildman–Crippen LogP) is 5.75. The van der Waals surface area contributed by atoms with Crippen molar-refractivity contribution in [3.8, 4) is 5.75 Å². The average molecular weight is 459 g/mol. The first-order chi connectivity index (χ1) is 15.5. The fourth-order valence-electron chi connectivity index (χ4n) is 3.98. The molecule has 3 rings (SSSR count). The van der Waals surface area contributed by atoms with Crippen molar-refractivity contribution < 1.29 is 28.7 Å². The van der Waals surface area contributed by atoms with Gasteiger partial charge in [-0.3, -0.25) is 15.0 Å². The SMILES string of the molecule is CC1C=CC2=C(C(COC(=O)Oc3ccc([N+](=O)[O-])cc3)CCCC2)N1C(=O)OC(C)(C)C. The summed E-state index contributed by atoms with van der Waals surface area (Å²) in [6, 6.07) is 4.98. The molecule has 0 saturated heterocycles. The number of carbonyl (C=O) groups excluding carboxylic acids is 2. The Bertz CT molecular complexity index is 960. The summed E-state index contributed by atoms with van der Waals surface area (Å²) in [7, 11) is 0. The number of rotatable bonds is 4. The quantitative estimate of drug-likeness (QED) is 0.245. The van der Waals surface area contributed by atoms with Gasteiger partial charge in [0, 0.05) is 23.7 Å². The van der Waals surface area contributed by atoms with Gasteiger partial charge in [0.25, 0.3) is 5.69 Å². The van der Waals surface area contributed by atoms with E-state index in [0.29, 0.717) is 0 Å². The van der Waals surface area contributed by atoms with Crippen LogP contribution >= 0.6 is 0 Å². The zero-order valence-corrected chi connectivity index (χ0v) is 19.4. The van der Waals surface area contributed by atoms with Crippen molar-refractivity contribution in [3.63, 3.8) is 0 Å². The molecule has 0 radical (unpaired) electrons. The first kappa shape index (κ1) is 24.3. The normalized spacial score (nSPS) is 20.5. The van der Waals surface area contributed by atoms with E-state index in [1.165, 1.54) is 24.3 Å². The number of nitro groups is 1. The molecule has 1 aliphatic heterocycles. The lowest BCUT2D eigenvalue weighted by molar-refractivity contribution is -0.384. The Morgan fingerprint density at radius 3 is 2.52 bits per heavy atom. The van der Waals surface area contributed by atoms with Gasteiger partial charge in [-0.2, -0.15) is 0 Å². The molecule has 1 aromatic rings. The lowest BCUT2D eigenvalue weighted by atomic mass is 9.94. The van der Waals surface area contributed by atoms with Crippen molar-refractivity contribution in [2.45, 2.75) is 65.0 Å². The van der Waals surface area contributed by atoms with Crippen LogP contribution in [-0.2, 0) is 9.47 Å². The van der Waals surface area contributed by atoms with Crippen LogP contribution in [0, 0.1) is 16.0 Å². The highest BCUT2D eigenvalue weighted by Crippen LogP contribution is 2.37. The summed E-state index contributed by atoms with van der Waals surface area (Å²) in [5.41, 5.74) is 1.15. The van der Waals surface area contributed by atoms with E-state index in [1.54, 1.807) is 4.90 Å².